The van der Waals surface area contributed by atoms with Gasteiger partial charge < -0.3 is 18.7 Å². The number of hydrogen-bond acceptors (Lipinski definition) is 6. The van der Waals surface area contributed by atoms with Crippen molar-refractivity contribution in [3.63, 3.8) is 0 Å². The van der Waals surface area contributed by atoms with Gasteiger partial charge in [0, 0.05) is 25.5 Å². The summed E-state index contributed by atoms with van der Waals surface area (Å²) in [6, 6.07) is 14.2. The fourth-order valence-corrected chi connectivity index (χ4v) is 2.77. The predicted molar refractivity (Wildman–Crippen MR) is 93.5 cm³/mol. The Morgan fingerprint density at radius 1 is 1.08 bits per heavy atom. The van der Waals surface area contributed by atoms with Crippen molar-refractivity contribution >= 4 is 5.78 Å². The molecule has 0 atom stereocenters. The van der Waals surface area contributed by atoms with Crippen LogP contribution >= 0.6 is 0 Å². The third kappa shape index (κ3) is 3.13. The van der Waals surface area contributed by atoms with Crippen LogP contribution in [-0.2, 0) is 0 Å². The number of para-hydroxylation sites is 1. The van der Waals surface area contributed by atoms with Crippen LogP contribution in [0.5, 0.6) is 17.2 Å². The monoisotopic (exact) mass is 351 g/mol. The first kappa shape index (κ1) is 16.2. The number of aromatic nitrogens is 1. The Hall–Kier alpha value is -3.28. The largest absolute Gasteiger partial charge is 0.485 e. The predicted octanol–water partition coefficient (Wildman–Crippen LogP) is 4.11. The van der Waals surface area contributed by atoms with E-state index in [9.17, 15) is 4.79 Å². The zero-order valence-electron chi connectivity index (χ0n) is 14.4. The minimum absolute atomic E-state index is 0.103. The fraction of sp³-hybridized carbons (Fsp3) is 0.200. The van der Waals surface area contributed by atoms with Crippen molar-refractivity contribution in [1.82, 2.24) is 5.16 Å². The lowest BCUT2D eigenvalue weighted by Gasteiger charge is -2.16. The van der Waals surface area contributed by atoms with E-state index in [0.29, 0.717) is 28.6 Å². The standard InChI is InChI=1S/C20H17NO5/c1-20(2)24-18-8-7-13(11-19(18)25-20)15(22)12-23-16-6-4-3-5-14(16)17-9-10-21-26-17/h3-11H,12H2,1-2H3. The summed E-state index contributed by atoms with van der Waals surface area (Å²) >= 11 is 0. The van der Waals surface area contributed by atoms with Crippen LogP contribution in [0.4, 0.5) is 0 Å². The van der Waals surface area contributed by atoms with Crippen molar-refractivity contribution < 1.29 is 23.5 Å². The highest BCUT2D eigenvalue weighted by Gasteiger charge is 2.32. The Morgan fingerprint density at radius 3 is 2.69 bits per heavy atom. The van der Waals surface area contributed by atoms with Crippen molar-refractivity contribution in [2.75, 3.05) is 6.61 Å². The van der Waals surface area contributed by atoms with Crippen molar-refractivity contribution in [1.29, 1.82) is 0 Å². The van der Waals surface area contributed by atoms with E-state index in [4.69, 9.17) is 18.7 Å². The molecule has 2 aromatic carbocycles. The highest BCUT2D eigenvalue weighted by atomic mass is 16.7. The van der Waals surface area contributed by atoms with Gasteiger partial charge in [-0.15, -0.1) is 0 Å². The van der Waals surface area contributed by atoms with Gasteiger partial charge in [-0.25, -0.2) is 0 Å². The Labute approximate surface area is 150 Å². The summed E-state index contributed by atoms with van der Waals surface area (Å²) in [5.41, 5.74) is 1.24. The van der Waals surface area contributed by atoms with Crippen LogP contribution in [-0.4, -0.2) is 23.3 Å². The first-order valence-corrected chi connectivity index (χ1v) is 8.20. The molecular formula is C20H17NO5. The molecule has 132 valence electrons. The Morgan fingerprint density at radius 2 is 1.88 bits per heavy atom. The molecule has 0 amide bonds. The second kappa shape index (κ2) is 6.22. The summed E-state index contributed by atoms with van der Waals surface area (Å²) < 4.78 is 22.2. The van der Waals surface area contributed by atoms with Crippen LogP contribution in [0.25, 0.3) is 11.3 Å². The van der Waals surface area contributed by atoms with Crippen LogP contribution < -0.4 is 14.2 Å². The number of carbonyl (C=O) groups is 1. The van der Waals surface area contributed by atoms with Crippen molar-refractivity contribution in [3.05, 3.63) is 60.3 Å². The van der Waals surface area contributed by atoms with E-state index >= 15 is 0 Å². The lowest BCUT2D eigenvalue weighted by atomic mass is 10.1. The summed E-state index contributed by atoms with van der Waals surface area (Å²) in [7, 11) is 0. The van der Waals surface area contributed by atoms with Gasteiger partial charge in [-0.05, 0) is 30.3 Å². The minimum atomic E-state index is -0.726. The molecule has 0 radical (unpaired) electrons. The van der Waals surface area contributed by atoms with Gasteiger partial charge in [0.25, 0.3) is 0 Å². The first-order valence-electron chi connectivity index (χ1n) is 8.20. The number of benzene rings is 2. The zero-order valence-corrected chi connectivity index (χ0v) is 14.4. The molecule has 0 saturated carbocycles. The molecule has 0 aliphatic carbocycles. The molecule has 0 bridgehead atoms. The average Bonchev–Trinajstić information content (AvgIpc) is 3.25. The lowest BCUT2D eigenvalue weighted by Crippen LogP contribution is -2.29. The van der Waals surface area contributed by atoms with Crippen LogP contribution in [0, 0.1) is 0 Å². The van der Waals surface area contributed by atoms with Gasteiger partial charge in [-0.1, -0.05) is 17.3 Å². The SMILES string of the molecule is CC1(C)Oc2ccc(C(=O)COc3ccccc3-c3ccno3)cc2O1. The van der Waals surface area contributed by atoms with E-state index < -0.39 is 5.79 Å². The van der Waals surface area contributed by atoms with Crippen LogP contribution in [0.1, 0.15) is 24.2 Å². The molecule has 1 aliphatic rings. The van der Waals surface area contributed by atoms with Gasteiger partial charge >= 0.3 is 0 Å². The Balaban J connectivity index is 1.49. The van der Waals surface area contributed by atoms with Crippen molar-refractivity contribution in [2.45, 2.75) is 19.6 Å². The Kier molecular flexibility index (Phi) is 3.88. The molecule has 0 saturated heterocycles. The molecule has 1 aliphatic heterocycles. The fourth-order valence-electron chi connectivity index (χ4n) is 2.77. The van der Waals surface area contributed by atoms with Crippen molar-refractivity contribution in [3.8, 4) is 28.6 Å². The number of fused-ring (bicyclic) bond motifs is 1. The number of carbonyl (C=O) groups excluding carboxylic acids is 1. The van der Waals surface area contributed by atoms with Gasteiger partial charge in [-0.2, -0.15) is 0 Å². The number of hydrogen-bond donors (Lipinski definition) is 0. The smallest absolute Gasteiger partial charge is 0.246 e. The molecule has 6 heteroatoms. The number of ether oxygens (including phenoxy) is 3. The summed E-state index contributed by atoms with van der Waals surface area (Å²) in [6.07, 6.45) is 1.56. The van der Waals surface area contributed by atoms with E-state index in [2.05, 4.69) is 5.16 Å². The molecule has 2 heterocycles. The number of Topliss-reactive ketones (excluding diaryl/α,β-unsaturated/α-hetero) is 1. The maximum atomic E-state index is 12.5. The third-order valence-corrected chi connectivity index (χ3v) is 3.93. The average molecular weight is 351 g/mol. The van der Waals surface area contributed by atoms with Gasteiger partial charge in [-0.3, -0.25) is 4.79 Å². The first-order chi connectivity index (χ1) is 12.5. The van der Waals surface area contributed by atoms with Gasteiger partial charge in [0.1, 0.15) is 5.75 Å². The van der Waals surface area contributed by atoms with E-state index in [1.165, 1.54) is 0 Å². The van der Waals surface area contributed by atoms with Crippen LogP contribution in [0.15, 0.2) is 59.3 Å². The minimum Gasteiger partial charge on any atom is -0.485 e. The maximum absolute atomic E-state index is 12.5. The van der Waals surface area contributed by atoms with Gasteiger partial charge in [0.15, 0.2) is 29.6 Å². The normalized spacial score (nSPS) is 14.2. The highest BCUT2D eigenvalue weighted by molar-refractivity contribution is 5.98. The van der Waals surface area contributed by atoms with E-state index in [0.717, 1.165) is 5.56 Å². The quantitative estimate of drug-likeness (QED) is 0.644. The van der Waals surface area contributed by atoms with E-state index in [-0.39, 0.29) is 12.4 Å². The summed E-state index contributed by atoms with van der Waals surface area (Å²) in [6.45, 7) is 3.53. The Bertz CT molecular complexity index is 947. The van der Waals surface area contributed by atoms with Crippen LogP contribution in [0.3, 0.4) is 0 Å². The molecule has 0 N–H and O–H groups in total. The van der Waals surface area contributed by atoms with E-state index in [1.807, 2.05) is 32.0 Å². The summed E-state index contributed by atoms with van der Waals surface area (Å²) in [5, 5.41) is 3.70. The third-order valence-electron chi connectivity index (χ3n) is 3.93. The molecule has 0 fully saturated rings. The van der Waals surface area contributed by atoms with E-state index in [1.54, 1.807) is 36.5 Å². The second-order valence-corrected chi connectivity index (χ2v) is 6.35. The van der Waals surface area contributed by atoms with Gasteiger partial charge in [0.05, 0.1) is 11.8 Å². The molecule has 26 heavy (non-hydrogen) atoms. The van der Waals surface area contributed by atoms with Crippen LogP contribution in [0.2, 0.25) is 0 Å². The lowest BCUT2D eigenvalue weighted by molar-refractivity contribution is -0.0431. The molecule has 6 nitrogen and oxygen atoms in total. The molecule has 4 rings (SSSR count). The number of nitrogens with zero attached hydrogens (tertiary/aromatic N) is 1. The highest BCUT2D eigenvalue weighted by Crippen LogP contribution is 2.39. The maximum Gasteiger partial charge on any atom is 0.246 e. The molecule has 0 spiro atoms. The summed E-state index contributed by atoms with van der Waals surface area (Å²) in [4.78, 5) is 12.5. The number of ketones is 1. The second-order valence-electron chi connectivity index (χ2n) is 6.35. The summed E-state index contributed by atoms with van der Waals surface area (Å²) in [5.74, 6) is 1.44. The van der Waals surface area contributed by atoms with Gasteiger partial charge in [0.2, 0.25) is 5.79 Å². The molecule has 0 unspecified atom stereocenters. The molecular weight excluding hydrogens is 334 g/mol. The molecule has 1 aromatic heterocycles. The number of rotatable bonds is 5. The zero-order chi connectivity index (χ0) is 18.1. The van der Waals surface area contributed by atoms with Crippen molar-refractivity contribution in [2.24, 2.45) is 0 Å². The molecule has 3 aromatic rings. The topological polar surface area (TPSA) is 70.8 Å².